The topological polar surface area (TPSA) is 29.5 Å². The van der Waals surface area contributed by atoms with Crippen molar-refractivity contribution < 1.29 is 9.84 Å². The first-order chi connectivity index (χ1) is 5.57. The van der Waals surface area contributed by atoms with Crippen LogP contribution >= 0.6 is 0 Å². The minimum atomic E-state index is -0.554. The molecule has 5 atom stereocenters. The molecular weight excluding hydrogens is 152 g/mol. The van der Waals surface area contributed by atoms with Gasteiger partial charge in [-0.05, 0) is 18.3 Å². The number of ether oxygens (including phenoxy) is 1. The maximum absolute atomic E-state index is 9.55. The van der Waals surface area contributed by atoms with Gasteiger partial charge in [-0.1, -0.05) is 27.7 Å². The summed E-state index contributed by atoms with van der Waals surface area (Å²) in [6.07, 6.45) is 0.683. The van der Waals surface area contributed by atoms with Gasteiger partial charge in [0.05, 0.1) is 6.10 Å². The van der Waals surface area contributed by atoms with Crippen LogP contribution in [0.15, 0.2) is 0 Å². The monoisotopic (exact) mass is 172 g/mol. The lowest BCUT2D eigenvalue weighted by Crippen LogP contribution is -2.44. The molecule has 1 rings (SSSR count). The quantitative estimate of drug-likeness (QED) is 0.655. The fraction of sp³-hybridized carbons (Fsp3) is 1.00. The summed E-state index contributed by atoms with van der Waals surface area (Å²) in [5, 5.41) is 9.55. The van der Waals surface area contributed by atoms with Gasteiger partial charge in [-0.3, -0.25) is 0 Å². The average molecular weight is 172 g/mol. The fourth-order valence-corrected chi connectivity index (χ4v) is 1.97. The van der Waals surface area contributed by atoms with Gasteiger partial charge in [0, 0.05) is 5.92 Å². The highest BCUT2D eigenvalue weighted by molar-refractivity contribution is 4.81. The molecule has 0 aliphatic carbocycles. The van der Waals surface area contributed by atoms with E-state index >= 15 is 0 Å². The van der Waals surface area contributed by atoms with Gasteiger partial charge in [0.15, 0.2) is 6.29 Å². The molecule has 1 aliphatic heterocycles. The number of aliphatic hydroxyl groups excluding tert-OH is 1. The summed E-state index contributed by atoms with van der Waals surface area (Å²) in [5.74, 6) is 1.38. The van der Waals surface area contributed by atoms with Crippen LogP contribution in [-0.2, 0) is 4.74 Å². The van der Waals surface area contributed by atoms with E-state index in [9.17, 15) is 5.11 Å². The Bertz CT molecular complexity index is 142. The SMILES string of the molecule is CCC1OC(O)C(C)[C@@H](C)C1C. The Labute approximate surface area is 74.9 Å². The Hall–Kier alpha value is -0.0800. The molecule has 0 bridgehead atoms. The molecule has 0 amide bonds. The molecule has 0 saturated carbocycles. The van der Waals surface area contributed by atoms with Gasteiger partial charge < -0.3 is 9.84 Å². The summed E-state index contributed by atoms with van der Waals surface area (Å²) in [4.78, 5) is 0. The first kappa shape index (κ1) is 10.0. The van der Waals surface area contributed by atoms with E-state index in [2.05, 4.69) is 27.7 Å². The summed E-state index contributed by atoms with van der Waals surface area (Å²) in [5.41, 5.74) is 0. The first-order valence-corrected chi connectivity index (χ1v) is 4.91. The van der Waals surface area contributed by atoms with Crippen LogP contribution in [0, 0.1) is 17.8 Å². The molecule has 0 radical (unpaired) electrons. The molecular formula is C10H20O2. The highest BCUT2D eigenvalue weighted by Gasteiger charge is 2.36. The molecule has 12 heavy (non-hydrogen) atoms. The molecule has 4 unspecified atom stereocenters. The van der Waals surface area contributed by atoms with Crippen LogP contribution < -0.4 is 0 Å². The molecule has 0 aromatic rings. The van der Waals surface area contributed by atoms with Gasteiger partial charge in [-0.25, -0.2) is 0 Å². The fourth-order valence-electron chi connectivity index (χ4n) is 1.97. The normalized spacial score (nSPS) is 49.2. The second-order valence-electron chi connectivity index (χ2n) is 4.05. The van der Waals surface area contributed by atoms with Crippen LogP contribution in [0.4, 0.5) is 0 Å². The summed E-state index contributed by atoms with van der Waals surface area (Å²) >= 11 is 0. The summed E-state index contributed by atoms with van der Waals surface area (Å²) in [6.45, 7) is 8.57. The minimum Gasteiger partial charge on any atom is -0.368 e. The molecule has 0 spiro atoms. The molecule has 0 aromatic carbocycles. The molecule has 2 heteroatoms. The maximum atomic E-state index is 9.55. The van der Waals surface area contributed by atoms with Gasteiger partial charge in [-0.15, -0.1) is 0 Å². The van der Waals surface area contributed by atoms with Crippen molar-refractivity contribution in [3.05, 3.63) is 0 Å². The standard InChI is InChI=1S/C10H20O2/c1-5-9-7(3)6(2)8(4)10(11)12-9/h6-11H,5H2,1-4H3/t6-,7?,8?,9?,10?/m0/s1. The van der Waals surface area contributed by atoms with E-state index in [1.165, 1.54) is 0 Å². The predicted octanol–water partition coefficient (Wildman–Crippen LogP) is 2.02. The molecule has 1 fully saturated rings. The van der Waals surface area contributed by atoms with Gasteiger partial charge in [0.25, 0.3) is 0 Å². The molecule has 1 N–H and O–H groups in total. The maximum Gasteiger partial charge on any atom is 0.157 e. The Balaban J connectivity index is 2.63. The number of aliphatic hydroxyl groups is 1. The molecule has 1 saturated heterocycles. The summed E-state index contributed by atoms with van der Waals surface area (Å²) in [7, 11) is 0. The summed E-state index contributed by atoms with van der Waals surface area (Å²) in [6, 6.07) is 0. The molecule has 72 valence electrons. The summed E-state index contributed by atoms with van der Waals surface area (Å²) < 4.78 is 5.49. The van der Waals surface area contributed by atoms with Crippen molar-refractivity contribution >= 4 is 0 Å². The van der Waals surface area contributed by atoms with Gasteiger partial charge in [0.2, 0.25) is 0 Å². The highest BCUT2D eigenvalue weighted by atomic mass is 16.6. The number of rotatable bonds is 1. The van der Waals surface area contributed by atoms with Crippen LogP contribution in [0.5, 0.6) is 0 Å². The molecule has 1 aliphatic rings. The first-order valence-electron chi connectivity index (χ1n) is 4.91. The third-order valence-corrected chi connectivity index (χ3v) is 3.41. The number of hydrogen-bond donors (Lipinski definition) is 1. The Morgan fingerprint density at radius 3 is 2.17 bits per heavy atom. The molecule has 0 aromatic heterocycles. The van der Waals surface area contributed by atoms with E-state index in [-0.39, 0.29) is 12.0 Å². The lowest BCUT2D eigenvalue weighted by molar-refractivity contribution is -0.224. The largest absolute Gasteiger partial charge is 0.368 e. The minimum absolute atomic E-state index is 0.242. The second kappa shape index (κ2) is 3.75. The Morgan fingerprint density at radius 1 is 1.08 bits per heavy atom. The van der Waals surface area contributed by atoms with Crippen LogP contribution in [0.25, 0.3) is 0 Å². The van der Waals surface area contributed by atoms with E-state index in [1.54, 1.807) is 0 Å². The van der Waals surface area contributed by atoms with E-state index in [0.29, 0.717) is 11.8 Å². The zero-order valence-electron chi connectivity index (χ0n) is 8.45. The lowest BCUT2D eigenvalue weighted by atomic mass is 9.78. The molecule has 2 nitrogen and oxygen atoms in total. The van der Waals surface area contributed by atoms with E-state index in [1.807, 2.05) is 0 Å². The highest BCUT2D eigenvalue weighted by Crippen LogP contribution is 2.34. The smallest absolute Gasteiger partial charge is 0.157 e. The van der Waals surface area contributed by atoms with Crippen LogP contribution in [0.3, 0.4) is 0 Å². The van der Waals surface area contributed by atoms with Crippen LogP contribution in [-0.4, -0.2) is 17.5 Å². The zero-order chi connectivity index (χ0) is 9.30. The Morgan fingerprint density at radius 2 is 1.67 bits per heavy atom. The second-order valence-corrected chi connectivity index (χ2v) is 4.05. The van der Waals surface area contributed by atoms with E-state index < -0.39 is 6.29 Å². The third kappa shape index (κ3) is 1.64. The van der Waals surface area contributed by atoms with Crippen LogP contribution in [0.2, 0.25) is 0 Å². The van der Waals surface area contributed by atoms with Crippen molar-refractivity contribution in [2.75, 3.05) is 0 Å². The average Bonchev–Trinajstić information content (AvgIpc) is 2.08. The van der Waals surface area contributed by atoms with Crippen molar-refractivity contribution in [1.82, 2.24) is 0 Å². The van der Waals surface area contributed by atoms with Crippen molar-refractivity contribution in [2.24, 2.45) is 17.8 Å². The van der Waals surface area contributed by atoms with Crippen molar-refractivity contribution in [3.63, 3.8) is 0 Å². The van der Waals surface area contributed by atoms with Crippen molar-refractivity contribution in [1.29, 1.82) is 0 Å². The van der Waals surface area contributed by atoms with Crippen LogP contribution in [0.1, 0.15) is 34.1 Å². The van der Waals surface area contributed by atoms with E-state index in [4.69, 9.17) is 4.74 Å². The van der Waals surface area contributed by atoms with Gasteiger partial charge in [0.1, 0.15) is 0 Å². The van der Waals surface area contributed by atoms with Gasteiger partial charge in [-0.2, -0.15) is 0 Å². The number of hydrogen-bond acceptors (Lipinski definition) is 2. The van der Waals surface area contributed by atoms with Crippen molar-refractivity contribution in [3.8, 4) is 0 Å². The Kier molecular flexibility index (Phi) is 3.13. The zero-order valence-corrected chi connectivity index (χ0v) is 8.45. The predicted molar refractivity (Wildman–Crippen MR) is 48.7 cm³/mol. The lowest BCUT2D eigenvalue weighted by Gasteiger charge is -2.41. The van der Waals surface area contributed by atoms with Gasteiger partial charge >= 0.3 is 0 Å². The molecule has 1 heterocycles. The van der Waals surface area contributed by atoms with Crippen molar-refractivity contribution in [2.45, 2.75) is 46.5 Å². The van der Waals surface area contributed by atoms with E-state index in [0.717, 1.165) is 6.42 Å². The third-order valence-electron chi connectivity index (χ3n) is 3.41.